The quantitative estimate of drug-likeness (QED) is 0.547. The van der Waals surface area contributed by atoms with Crippen molar-refractivity contribution in [3.63, 3.8) is 0 Å². The summed E-state index contributed by atoms with van der Waals surface area (Å²) in [4.78, 5) is 11.9. The average molecular weight is 403 g/mol. The number of imidazole rings is 1. The highest BCUT2D eigenvalue weighted by Gasteiger charge is 2.23. The van der Waals surface area contributed by atoms with Crippen LogP contribution in [0.1, 0.15) is 31.7 Å². The highest BCUT2D eigenvalue weighted by atomic mass is 16.5. The number of benzene rings is 2. The summed E-state index contributed by atoms with van der Waals surface area (Å²) >= 11 is 0. The molecule has 0 unspecified atom stereocenters. The molecular formula is C23H25N5O2. The third kappa shape index (κ3) is 2.65. The third-order valence-corrected chi connectivity index (χ3v) is 6.27. The smallest absolute Gasteiger partial charge is 0.292 e. The highest BCUT2D eigenvalue weighted by Crippen LogP contribution is 2.38. The van der Waals surface area contributed by atoms with E-state index in [-0.39, 0.29) is 6.01 Å². The van der Waals surface area contributed by atoms with E-state index in [0.717, 1.165) is 83.9 Å². The van der Waals surface area contributed by atoms with Gasteiger partial charge in [0.15, 0.2) is 5.58 Å². The molecule has 2 N–H and O–H groups in total. The van der Waals surface area contributed by atoms with E-state index in [1.54, 1.807) is 0 Å². The number of oxazole rings is 1. The Kier molecular flexibility index (Phi) is 3.91. The van der Waals surface area contributed by atoms with Gasteiger partial charge in [0.05, 0.1) is 12.1 Å². The Morgan fingerprint density at radius 1 is 1.00 bits per heavy atom. The monoisotopic (exact) mass is 403 g/mol. The fourth-order valence-electron chi connectivity index (χ4n) is 4.84. The van der Waals surface area contributed by atoms with Gasteiger partial charge in [0.2, 0.25) is 0 Å². The first-order valence-electron chi connectivity index (χ1n) is 10.8. The number of hydrogen-bond donors (Lipinski definition) is 1. The van der Waals surface area contributed by atoms with Crippen LogP contribution in [-0.4, -0.2) is 34.2 Å². The molecule has 6 rings (SSSR count). The average Bonchev–Trinajstić information content (AvgIpc) is 3.44. The molecule has 2 aromatic carbocycles. The van der Waals surface area contributed by atoms with Crippen LogP contribution in [0.15, 0.2) is 28.7 Å². The second kappa shape index (κ2) is 6.65. The summed E-state index contributed by atoms with van der Waals surface area (Å²) in [5.74, 6) is 1.89. The van der Waals surface area contributed by atoms with Gasteiger partial charge in [-0.3, -0.25) is 0 Å². The maximum atomic E-state index is 6.16. The number of nitrogens with two attached hydrogens (primary N) is 1. The van der Waals surface area contributed by atoms with Gasteiger partial charge in [-0.1, -0.05) is 6.92 Å². The molecule has 0 atom stereocenters. The van der Waals surface area contributed by atoms with Crippen LogP contribution in [0.25, 0.3) is 33.5 Å². The van der Waals surface area contributed by atoms with Gasteiger partial charge < -0.3 is 24.4 Å². The summed E-state index contributed by atoms with van der Waals surface area (Å²) in [5.41, 5.74) is 12.8. The SMILES string of the molecule is CCc1cc(-c2nc3cc(N4CCCC4)cc4c3n2CCCO4)cc2nc(N)oc12. The Morgan fingerprint density at radius 3 is 2.70 bits per heavy atom. The number of aromatic nitrogens is 3. The number of aryl methyl sites for hydroxylation is 2. The van der Waals surface area contributed by atoms with Crippen molar-refractivity contribution in [1.29, 1.82) is 0 Å². The Hall–Kier alpha value is -3.22. The predicted octanol–water partition coefficient (Wildman–Crippen LogP) is 4.37. The standard InChI is InChI=1S/C23H25N5O2/c1-2-14-10-15(11-18-21(14)30-23(24)26-18)22-25-17-12-16(27-6-3-4-7-27)13-19-20(17)28(22)8-5-9-29-19/h10-13H,2-9H2,1H3,(H2,24,26). The number of anilines is 2. The Labute approximate surface area is 174 Å². The van der Waals surface area contributed by atoms with Crippen LogP contribution in [0.4, 0.5) is 11.7 Å². The van der Waals surface area contributed by atoms with E-state index in [0.29, 0.717) is 0 Å². The van der Waals surface area contributed by atoms with Crippen LogP contribution < -0.4 is 15.4 Å². The Balaban J connectivity index is 1.58. The predicted molar refractivity (Wildman–Crippen MR) is 118 cm³/mol. The molecule has 4 aromatic rings. The number of nitrogens with zero attached hydrogens (tertiary/aromatic N) is 4. The van der Waals surface area contributed by atoms with Gasteiger partial charge in [0.1, 0.15) is 22.6 Å². The first kappa shape index (κ1) is 17.6. The zero-order chi connectivity index (χ0) is 20.2. The zero-order valence-corrected chi connectivity index (χ0v) is 17.1. The van der Waals surface area contributed by atoms with E-state index in [4.69, 9.17) is 19.9 Å². The largest absolute Gasteiger partial charge is 0.491 e. The first-order valence-corrected chi connectivity index (χ1v) is 10.8. The topological polar surface area (TPSA) is 82.3 Å². The lowest BCUT2D eigenvalue weighted by Gasteiger charge is -2.18. The summed E-state index contributed by atoms with van der Waals surface area (Å²) in [6.45, 7) is 5.91. The van der Waals surface area contributed by atoms with Gasteiger partial charge >= 0.3 is 0 Å². The minimum absolute atomic E-state index is 0.203. The molecule has 0 bridgehead atoms. The highest BCUT2D eigenvalue weighted by molar-refractivity contribution is 5.91. The van der Waals surface area contributed by atoms with Crippen molar-refractivity contribution in [2.45, 2.75) is 39.2 Å². The molecule has 1 saturated heterocycles. The van der Waals surface area contributed by atoms with E-state index in [1.165, 1.54) is 18.5 Å². The number of ether oxygens (including phenoxy) is 1. The minimum Gasteiger partial charge on any atom is -0.491 e. The van der Waals surface area contributed by atoms with E-state index >= 15 is 0 Å². The molecule has 0 radical (unpaired) electrons. The second-order valence-corrected chi connectivity index (χ2v) is 8.18. The molecule has 2 aromatic heterocycles. The maximum absolute atomic E-state index is 6.16. The van der Waals surface area contributed by atoms with Crippen LogP contribution in [0.5, 0.6) is 5.75 Å². The second-order valence-electron chi connectivity index (χ2n) is 8.18. The van der Waals surface area contributed by atoms with Crippen molar-refractivity contribution in [3.05, 3.63) is 29.8 Å². The summed E-state index contributed by atoms with van der Waals surface area (Å²) in [6, 6.07) is 8.80. The van der Waals surface area contributed by atoms with Crippen LogP contribution in [0, 0.1) is 0 Å². The van der Waals surface area contributed by atoms with Gasteiger partial charge in [0.25, 0.3) is 6.01 Å². The van der Waals surface area contributed by atoms with Crippen LogP contribution in [-0.2, 0) is 13.0 Å². The van der Waals surface area contributed by atoms with E-state index < -0.39 is 0 Å². The molecule has 4 heterocycles. The van der Waals surface area contributed by atoms with Crippen LogP contribution >= 0.6 is 0 Å². The summed E-state index contributed by atoms with van der Waals surface area (Å²) < 4.78 is 14.1. The van der Waals surface area contributed by atoms with Gasteiger partial charge in [-0.15, -0.1) is 0 Å². The van der Waals surface area contributed by atoms with Crippen molar-refractivity contribution in [2.75, 3.05) is 30.3 Å². The van der Waals surface area contributed by atoms with Gasteiger partial charge in [-0.25, -0.2) is 4.98 Å². The molecule has 30 heavy (non-hydrogen) atoms. The van der Waals surface area contributed by atoms with Gasteiger partial charge in [0, 0.05) is 37.0 Å². The van der Waals surface area contributed by atoms with E-state index in [2.05, 4.69) is 39.6 Å². The lowest BCUT2D eigenvalue weighted by atomic mass is 10.1. The van der Waals surface area contributed by atoms with Crippen molar-refractivity contribution in [1.82, 2.24) is 14.5 Å². The minimum atomic E-state index is 0.203. The third-order valence-electron chi connectivity index (χ3n) is 6.27. The van der Waals surface area contributed by atoms with E-state index in [9.17, 15) is 0 Å². The lowest BCUT2D eigenvalue weighted by molar-refractivity contribution is 0.316. The normalized spacial score (nSPS) is 16.4. The molecule has 7 nitrogen and oxygen atoms in total. The molecular weight excluding hydrogens is 378 g/mol. The lowest BCUT2D eigenvalue weighted by Crippen LogP contribution is -2.17. The van der Waals surface area contributed by atoms with E-state index in [1.807, 2.05) is 6.07 Å². The fourth-order valence-corrected chi connectivity index (χ4v) is 4.84. The number of fused-ring (bicyclic) bond motifs is 1. The molecule has 0 amide bonds. The summed E-state index contributed by atoms with van der Waals surface area (Å²) in [5, 5.41) is 0. The molecule has 7 heteroatoms. The molecule has 0 spiro atoms. The number of rotatable bonds is 3. The number of hydrogen-bond acceptors (Lipinski definition) is 6. The molecule has 1 fully saturated rings. The van der Waals surface area contributed by atoms with Crippen LogP contribution in [0.2, 0.25) is 0 Å². The number of nitrogen functional groups attached to an aromatic ring is 1. The molecule has 0 saturated carbocycles. The van der Waals surface area contributed by atoms with Crippen LogP contribution in [0.3, 0.4) is 0 Å². The zero-order valence-electron chi connectivity index (χ0n) is 17.1. The molecule has 2 aliphatic heterocycles. The van der Waals surface area contributed by atoms with Gasteiger partial charge in [-0.2, -0.15) is 4.98 Å². The van der Waals surface area contributed by atoms with Crippen molar-refractivity contribution >= 4 is 33.8 Å². The van der Waals surface area contributed by atoms with Crippen molar-refractivity contribution in [2.24, 2.45) is 0 Å². The maximum Gasteiger partial charge on any atom is 0.292 e. The fraction of sp³-hybridized carbons (Fsp3) is 0.391. The molecule has 154 valence electrons. The summed E-state index contributed by atoms with van der Waals surface area (Å²) in [6.07, 6.45) is 4.28. The molecule has 0 aliphatic carbocycles. The van der Waals surface area contributed by atoms with Crippen molar-refractivity contribution < 1.29 is 9.15 Å². The first-order chi connectivity index (χ1) is 14.7. The Morgan fingerprint density at radius 2 is 1.87 bits per heavy atom. The summed E-state index contributed by atoms with van der Waals surface area (Å²) in [7, 11) is 0. The Bertz CT molecular complexity index is 1270. The van der Waals surface area contributed by atoms with Gasteiger partial charge in [-0.05, 0) is 49.4 Å². The van der Waals surface area contributed by atoms with Crippen molar-refractivity contribution in [3.8, 4) is 17.1 Å². The molecule has 2 aliphatic rings.